The Morgan fingerprint density at radius 2 is 1.83 bits per heavy atom. The average molecular weight is 362 g/mol. The lowest BCUT2D eigenvalue weighted by atomic mass is 10.2. The molecule has 2 aromatic carbocycles. The van der Waals surface area contributed by atoms with Crippen molar-refractivity contribution in [3.63, 3.8) is 0 Å². The molecule has 0 aliphatic carbocycles. The Morgan fingerprint density at radius 3 is 2.61 bits per heavy atom. The highest BCUT2D eigenvalue weighted by Crippen LogP contribution is 2.26. The molecule has 0 aliphatic heterocycles. The lowest BCUT2D eigenvalue weighted by molar-refractivity contribution is 0.972. The smallest absolute Gasteiger partial charge is 0.209 e. The molecule has 0 aliphatic rings. The van der Waals surface area contributed by atoms with Gasteiger partial charge in [0.05, 0.1) is 10.0 Å². The van der Waals surface area contributed by atoms with Gasteiger partial charge >= 0.3 is 0 Å². The monoisotopic (exact) mass is 361 g/mol. The van der Waals surface area contributed by atoms with Crippen LogP contribution in [0.2, 0.25) is 10.0 Å². The summed E-state index contributed by atoms with van der Waals surface area (Å²) in [5, 5.41) is 8.94. The first kappa shape index (κ1) is 16.1. The summed E-state index contributed by atoms with van der Waals surface area (Å²) in [4.78, 5) is 4.43. The summed E-state index contributed by atoms with van der Waals surface area (Å²) in [5.41, 5.74) is 2.20. The molecule has 0 saturated heterocycles. The third-order valence-electron chi connectivity index (χ3n) is 3.07. The van der Waals surface area contributed by atoms with Crippen LogP contribution in [0, 0.1) is 0 Å². The van der Waals surface area contributed by atoms with Crippen LogP contribution in [0.4, 0.5) is 0 Å². The molecule has 0 unspecified atom stereocenters. The number of hydrogen-bond donors (Lipinski definition) is 1. The van der Waals surface area contributed by atoms with Gasteiger partial charge in [-0.3, -0.25) is 5.10 Å². The summed E-state index contributed by atoms with van der Waals surface area (Å²) in [6.07, 6.45) is 3.90. The first-order valence-electron chi connectivity index (χ1n) is 6.93. The maximum Gasteiger partial charge on any atom is 0.209 e. The van der Waals surface area contributed by atoms with Crippen LogP contribution in [0.25, 0.3) is 12.2 Å². The van der Waals surface area contributed by atoms with Gasteiger partial charge in [-0.1, -0.05) is 77.4 Å². The zero-order valence-corrected chi connectivity index (χ0v) is 14.4. The SMILES string of the molecule is Clc1ccc(CSc2n[nH]c(/C=C\c3ccccc3)n2)cc1Cl. The maximum absolute atomic E-state index is 6.01. The number of nitrogens with one attached hydrogen (secondary N) is 1. The fourth-order valence-electron chi connectivity index (χ4n) is 1.91. The van der Waals surface area contributed by atoms with Gasteiger partial charge in [0.25, 0.3) is 0 Å². The van der Waals surface area contributed by atoms with Crippen molar-refractivity contribution >= 4 is 47.1 Å². The third-order valence-corrected chi connectivity index (χ3v) is 4.72. The topological polar surface area (TPSA) is 41.6 Å². The number of halogens is 2. The van der Waals surface area contributed by atoms with Crippen molar-refractivity contribution in [2.24, 2.45) is 0 Å². The Morgan fingerprint density at radius 1 is 1.00 bits per heavy atom. The first-order valence-corrected chi connectivity index (χ1v) is 8.67. The van der Waals surface area contributed by atoms with E-state index in [1.807, 2.05) is 54.6 Å². The number of aromatic amines is 1. The van der Waals surface area contributed by atoms with Crippen LogP contribution in [0.3, 0.4) is 0 Å². The minimum Gasteiger partial charge on any atom is -0.259 e. The van der Waals surface area contributed by atoms with Crippen molar-refractivity contribution in [2.75, 3.05) is 0 Å². The van der Waals surface area contributed by atoms with E-state index in [9.17, 15) is 0 Å². The Balaban J connectivity index is 1.61. The summed E-state index contributed by atoms with van der Waals surface area (Å²) in [5.74, 6) is 1.46. The molecule has 0 radical (unpaired) electrons. The second-order valence-corrected chi connectivity index (χ2v) is 6.54. The molecule has 23 heavy (non-hydrogen) atoms. The van der Waals surface area contributed by atoms with E-state index in [0.29, 0.717) is 15.2 Å². The van der Waals surface area contributed by atoms with Crippen molar-refractivity contribution in [1.29, 1.82) is 0 Å². The number of aromatic nitrogens is 3. The fourth-order valence-corrected chi connectivity index (χ4v) is 2.98. The van der Waals surface area contributed by atoms with Crippen LogP contribution in [0.1, 0.15) is 17.0 Å². The van der Waals surface area contributed by atoms with Crippen molar-refractivity contribution in [3.05, 3.63) is 75.5 Å². The summed E-state index contributed by atoms with van der Waals surface area (Å²) >= 11 is 13.5. The molecule has 3 nitrogen and oxygen atoms in total. The van der Waals surface area contributed by atoms with Crippen molar-refractivity contribution in [2.45, 2.75) is 10.9 Å². The molecule has 0 amide bonds. The zero-order valence-electron chi connectivity index (χ0n) is 12.0. The number of benzene rings is 2. The fraction of sp³-hybridized carbons (Fsp3) is 0.0588. The van der Waals surface area contributed by atoms with Gasteiger partial charge < -0.3 is 0 Å². The second kappa shape index (κ2) is 7.68. The van der Waals surface area contributed by atoms with Crippen LogP contribution < -0.4 is 0 Å². The third kappa shape index (κ3) is 4.61. The van der Waals surface area contributed by atoms with Crippen LogP contribution in [-0.4, -0.2) is 15.2 Å². The Labute approximate surface area is 148 Å². The molecule has 116 valence electrons. The van der Waals surface area contributed by atoms with Crippen molar-refractivity contribution in [1.82, 2.24) is 15.2 Å². The van der Waals surface area contributed by atoms with E-state index in [0.717, 1.165) is 22.7 Å². The zero-order chi connectivity index (χ0) is 16.1. The molecule has 3 aromatic rings. The lowest BCUT2D eigenvalue weighted by Crippen LogP contribution is -1.82. The molecular weight excluding hydrogens is 349 g/mol. The van der Waals surface area contributed by atoms with Gasteiger partial charge in [-0.15, -0.1) is 5.10 Å². The van der Waals surface area contributed by atoms with Gasteiger partial charge in [-0.2, -0.15) is 0 Å². The number of hydrogen-bond acceptors (Lipinski definition) is 3. The second-order valence-electron chi connectivity index (χ2n) is 4.78. The number of nitrogens with zero attached hydrogens (tertiary/aromatic N) is 2. The predicted molar refractivity (Wildman–Crippen MR) is 97.8 cm³/mol. The Hall–Kier alpha value is -1.75. The van der Waals surface area contributed by atoms with E-state index >= 15 is 0 Å². The molecule has 1 aromatic heterocycles. The van der Waals surface area contributed by atoms with E-state index in [-0.39, 0.29) is 0 Å². The molecule has 1 N–H and O–H groups in total. The van der Waals surface area contributed by atoms with Crippen molar-refractivity contribution < 1.29 is 0 Å². The molecule has 0 fully saturated rings. The minimum atomic E-state index is 0.561. The van der Waals surface area contributed by atoms with E-state index < -0.39 is 0 Å². The predicted octanol–water partition coefficient (Wildman–Crippen LogP) is 5.57. The van der Waals surface area contributed by atoms with Crippen molar-refractivity contribution in [3.8, 4) is 0 Å². The number of rotatable bonds is 5. The van der Waals surface area contributed by atoms with Gasteiger partial charge in [-0.05, 0) is 29.3 Å². The summed E-state index contributed by atoms with van der Waals surface area (Å²) in [6.45, 7) is 0. The highest BCUT2D eigenvalue weighted by Gasteiger charge is 2.04. The summed E-state index contributed by atoms with van der Waals surface area (Å²) in [6, 6.07) is 15.7. The highest BCUT2D eigenvalue weighted by atomic mass is 35.5. The Bertz CT molecular complexity index is 816. The van der Waals surface area contributed by atoms with Gasteiger partial charge in [0.1, 0.15) is 5.82 Å². The number of thioether (sulfide) groups is 1. The Kier molecular flexibility index (Phi) is 5.39. The minimum absolute atomic E-state index is 0.561. The largest absolute Gasteiger partial charge is 0.259 e. The van der Waals surface area contributed by atoms with Crippen LogP contribution >= 0.6 is 35.0 Å². The molecular formula is C17H13Cl2N3S. The van der Waals surface area contributed by atoms with E-state index in [1.165, 1.54) is 0 Å². The molecule has 3 rings (SSSR count). The average Bonchev–Trinajstić information content (AvgIpc) is 3.03. The van der Waals surface area contributed by atoms with E-state index in [2.05, 4.69) is 15.2 Å². The van der Waals surface area contributed by atoms with Gasteiger partial charge in [0, 0.05) is 5.75 Å². The molecule has 0 spiro atoms. The van der Waals surface area contributed by atoms with Gasteiger partial charge in [0.2, 0.25) is 5.16 Å². The number of H-pyrrole nitrogens is 1. The van der Waals surface area contributed by atoms with E-state index in [1.54, 1.807) is 17.8 Å². The molecule has 6 heteroatoms. The maximum atomic E-state index is 6.01. The van der Waals surface area contributed by atoms with Crippen LogP contribution in [0.15, 0.2) is 53.7 Å². The van der Waals surface area contributed by atoms with Crippen LogP contribution in [-0.2, 0) is 5.75 Å². The molecule has 1 heterocycles. The molecule has 0 bridgehead atoms. The van der Waals surface area contributed by atoms with Gasteiger partial charge in [-0.25, -0.2) is 4.98 Å². The van der Waals surface area contributed by atoms with Gasteiger partial charge in [0.15, 0.2) is 0 Å². The van der Waals surface area contributed by atoms with Crippen LogP contribution in [0.5, 0.6) is 0 Å². The first-order chi connectivity index (χ1) is 11.2. The summed E-state index contributed by atoms with van der Waals surface area (Å²) < 4.78 is 0. The lowest BCUT2D eigenvalue weighted by Gasteiger charge is -2.00. The molecule has 0 atom stereocenters. The quantitative estimate of drug-likeness (QED) is 0.603. The normalized spacial score (nSPS) is 11.2. The highest BCUT2D eigenvalue weighted by molar-refractivity contribution is 7.98. The molecule has 0 saturated carbocycles. The standard InChI is InChI=1S/C17H13Cl2N3S/c18-14-8-6-13(10-15(14)19)11-23-17-20-16(21-22-17)9-7-12-4-2-1-3-5-12/h1-10H,11H2,(H,20,21,22)/b9-7-. The summed E-state index contributed by atoms with van der Waals surface area (Å²) in [7, 11) is 0. The van der Waals surface area contributed by atoms with E-state index in [4.69, 9.17) is 23.2 Å².